The highest BCUT2D eigenvalue weighted by molar-refractivity contribution is 5.82. The molecule has 1 aliphatic rings. The predicted octanol–water partition coefficient (Wildman–Crippen LogP) is 1.52. The van der Waals surface area contributed by atoms with Crippen molar-refractivity contribution in [1.82, 2.24) is 15.1 Å². The van der Waals surface area contributed by atoms with E-state index in [9.17, 15) is 0 Å². The quantitative estimate of drug-likeness (QED) is 0.839. The van der Waals surface area contributed by atoms with Crippen molar-refractivity contribution >= 4 is 5.84 Å². The van der Waals surface area contributed by atoms with Gasteiger partial charge in [0.15, 0.2) is 0 Å². The van der Waals surface area contributed by atoms with Crippen LogP contribution in [0.15, 0.2) is 17.3 Å². The van der Waals surface area contributed by atoms with Gasteiger partial charge in [0.05, 0.1) is 11.5 Å². The maximum atomic E-state index is 4.54. The molecule has 16 heavy (non-hydrogen) atoms. The Kier molecular flexibility index (Phi) is 3.97. The van der Waals surface area contributed by atoms with Gasteiger partial charge in [0.1, 0.15) is 0 Å². The molecular weight excluding hydrogens is 200 g/mol. The number of amidine groups is 1. The SMILES string of the molecule is Cn1ccc(CCNC2=NCCCCC2)n1. The normalized spacial score (nSPS) is 16.7. The molecule has 1 aromatic heterocycles. The van der Waals surface area contributed by atoms with Gasteiger partial charge >= 0.3 is 0 Å². The Balaban J connectivity index is 1.73. The van der Waals surface area contributed by atoms with E-state index in [4.69, 9.17) is 0 Å². The maximum Gasteiger partial charge on any atom is 0.0963 e. The first kappa shape index (κ1) is 11.2. The first-order valence-corrected chi connectivity index (χ1v) is 6.10. The molecule has 0 fully saturated rings. The summed E-state index contributed by atoms with van der Waals surface area (Å²) in [6.45, 7) is 1.93. The van der Waals surface area contributed by atoms with Crippen LogP contribution >= 0.6 is 0 Å². The molecule has 88 valence electrons. The van der Waals surface area contributed by atoms with Crippen LogP contribution in [0.5, 0.6) is 0 Å². The molecule has 0 saturated heterocycles. The summed E-state index contributed by atoms with van der Waals surface area (Å²) >= 11 is 0. The van der Waals surface area contributed by atoms with Crippen molar-refractivity contribution < 1.29 is 0 Å². The van der Waals surface area contributed by atoms with Gasteiger partial charge in [0.25, 0.3) is 0 Å². The van der Waals surface area contributed by atoms with E-state index in [1.54, 1.807) is 0 Å². The molecule has 0 bridgehead atoms. The topological polar surface area (TPSA) is 42.2 Å². The van der Waals surface area contributed by atoms with Crippen LogP contribution in [0.2, 0.25) is 0 Å². The standard InChI is InChI=1S/C12H20N4/c1-16-10-7-11(15-16)6-9-14-12-5-3-2-4-8-13-12/h7,10H,2-6,8-9H2,1H3,(H,13,14). The summed E-state index contributed by atoms with van der Waals surface area (Å²) in [5, 5.41) is 7.77. The molecule has 4 nitrogen and oxygen atoms in total. The number of hydrogen-bond donors (Lipinski definition) is 1. The summed E-state index contributed by atoms with van der Waals surface area (Å²) in [6, 6.07) is 2.07. The van der Waals surface area contributed by atoms with Crippen LogP contribution in [0.1, 0.15) is 31.4 Å². The minimum absolute atomic E-state index is 0.940. The van der Waals surface area contributed by atoms with Crippen LogP contribution in [-0.4, -0.2) is 28.7 Å². The Labute approximate surface area is 96.8 Å². The van der Waals surface area contributed by atoms with Gasteiger partial charge in [-0.2, -0.15) is 5.10 Å². The van der Waals surface area contributed by atoms with Crippen LogP contribution < -0.4 is 5.32 Å². The smallest absolute Gasteiger partial charge is 0.0963 e. The molecule has 2 rings (SSSR count). The number of nitrogens with zero attached hydrogens (tertiary/aromatic N) is 3. The van der Waals surface area contributed by atoms with Crippen molar-refractivity contribution in [1.29, 1.82) is 0 Å². The van der Waals surface area contributed by atoms with Gasteiger partial charge in [-0.05, 0) is 18.9 Å². The van der Waals surface area contributed by atoms with Crippen LogP contribution in [-0.2, 0) is 13.5 Å². The van der Waals surface area contributed by atoms with E-state index in [1.807, 2.05) is 17.9 Å². The highest BCUT2D eigenvalue weighted by Gasteiger charge is 2.03. The van der Waals surface area contributed by atoms with Crippen LogP contribution in [0.25, 0.3) is 0 Å². The molecule has 0 aromatic carbocycles. The van der Waals surface area contributed by atoms with Crippen molar-refractivity contribution in [2.75, 3.05) is 13.1 Å². The monoisotopic (exact) mass is 220 g/mol. The Morgan fingerprint density at radius 1 is 1.38 bits per heavy atom. The third-order valence-corrected chi connectivity index (χ3v) is 2.85. The van der Waals surface area contributed by atoms with E-state index in [-0.39, 0.29) is 0 Å². The lowest BCUT2D eigenvalue weighted by Crippen LogP contribution is -2.25. The maximum absolute atomic E-state index is 4.54. The van der Waals surface area contributed by atoms with Gasteiger partial charge in [-0.1, -0.05) is 6.42 Å². The van der Waals surface area contributed by atoms with Crippen molar-refractivity contribution in [3.63, 3.8) is 0 Å². The Bertz CT molecular complexity index is 354. The summed E-state index contributed by atoms with van der Waals surface area (Å²) in [6.07, 6.45) is 7.90. The molecule has 2 heterocycles. The van der Waals surface area contributed by atoms with E-state index in [2.05, 4.69) is 21.5 Å². The highest BCUT2D eigenvalue weighted by atomic mass is 15.2. The van der Waals surface area contributed by atoms with Crippen molar-refractivity contribution in [2.45, 2.75) is 32.1 Å². The van der Waals surface area contributed by atoms with E-state index >= 15 is 0 Å². The van der Waals surface area contributed by atoms with Gasteiger partial charge in [-0.15, -0.1) is 0 Å². The van der Waals surface area contributed by atoms with Gasteiger partial charge in [-0.25, -0.2) is 0 Å². The van der Waals surface area contributed by atoms with Crippen LogP contribution in [0, 0.1) is 0 Å². The number of nitrogens with one attached hydrogen (secondary N) is 1. The van der Waals surface area contributed by atoms with Crippen molar-refractivity contribution in [3.8, 4) is 0 Å². The lowest BCUT2D eigenvalue weighted by atomic mass is 10.2. The third-order valence-electron chi connectivity index (χ3n) is 2.85. The molecule has 0 spiro atoms. The van der Waals surface area contributed by atoms with E-state index in [0.29, 0.717) is 0 Å². The Morgan fingerprint density at radius 3 is 3.12 bits per heavy atom. The number of hydrogen-bond acceptors (Lipinski definition) is 3. The molecule has 0 amide bonds. The summed E-state index contributed by atoms with van der Waals surface area (Å²) in [4.78, 5) is 4.54. The molecule has 0 radical (unpaired) electrons. The summed E-state index contributed by atoms with van der Waals surface area (Å²) in [5.74, 6) is 1.19. The number of rotatable bonds is 3. The molecule has 0 saturated carbocycles. The minimum atomic E-state index is 0.940. The molecule has 0 unspecified atom stereocenters. The summed E-state index contributed by atoms with van der Waals surface area (Å²) in [5.41, 5.74) is 1.14. The van der Waals surface area contributed by atoms with E-state index < -0.39 is 0 Å². The van der Waals surface area contributed by atoms with Crippen molar-refractivity contribution in [3.05, 3.63) is 18.0 Å². The average Bonchev–Trinajstić information content (AvgIpc) is 2.54. The van der Waals surface area contributed by atoms with Gasteiger partial charge in [-0.3, -0.25) is 9.67 Å². The fourth-order valence-corrected chi connectivity index (χ4v) is 1.95. The Hall–Kier alpha value is -1.32. The fourth-order valence-electron chi connectivity index (χ4n) is 1.95. The molecular formula is C12H20N4. The highest BCUT2D eigenvalue weighted by Crippen LogP contribution is 2.06. The molecule has 4 heteroatoms. The number of aryl methyl sites for hydroxylation is 1. The first-order chi connectivity index (χ1) is 7.84. The lowest BCUT2D eigenvalue weighted by Gasteiger charge is -2.06. The van der Waals surface area contributed by atoms with Crippen LogP contribution in [0.3, 0.4) is 0 Å². The zero-order valence-electron chi connectivity index (χ0n) is 9.95. The second-order valence-corrected chi connectivity index (χ2v) is 4.30. The zero-order chi connectivity index (χ0) is 11.2. The number of aromatic nitrogens is 2. The molecule has 1 aliphatic heterocycles. The van der Waals surface area contributed by atoms with Crippen LogP contribution in [0.4, 0.5) is 0 Å². The second-order valence-electron chi connectivity index (χ2n) is 4.30. The predicted molar refractivity (Wildman–Crippen MR) is 65.7 cm³/mol. The first-order valence-electron chi connectivity index (χ1n) is 6.10. The minimum Gasteiger partial charge on any atom is -0.373 e. The summed E-state index contributed by atoms with van der Waals surface area (Å²) < 4.78 is 1.85. The molecule has 1 N–H and O–H groups in total. The van der Waals surface area contributed by atoms with Crippen molar-refractivity contribution in [2.24, 2.45) is 12.0 Å². The molecule has 0 atom stereocenters. The third kappa shape index (κ3) is 3.36. The van der Waals surface area contributed by atoms with Gasteiger partial charge in [0, 0.05) is 39.2 Å². The van der Waals surface area contributed by atoms with E-state index in [1.165, 1.54) is 25.1 Å². The van der Waals surface area contributed by atoms with Gasteiger partial charge < -0.3 is 5.32 Å². The molecule has 0 aliphatic carbocycles. The second kappa shape index (κ2) is 5.68. The molecule has 1 aromatic rings. The zero-order valence-corrected chi connectivity index (χ0v) is 9.95. The van der Waals surface area contributed by atoms with Gasteiger partial charge in [0.2, 0.25) is 0 Å². The lowest BCUT2D eigenvalue weighted by molar-refractivity contribution is 0.720. The summed E-state index contributed by atoms with van der Waals surface area (Å²) in [7, 11) is 1.95. The Morgan fingerprint density at radius 2 is 2.31 bits per heavy atom. The fraction of sp³-hybridized carbons (Fsp3) is 0.667. The number of aliphatic imine (C=N–C) groups is 1. The largest absolute Gasteiger partial charge is 0.373 e. The van der Waals surface area contributed by atoms with E-state index in [0.717, 1.165) is 31.6 Å². The average molecular weight is 220 g/mol.